The Balaban J connectivity index is 2.02. The lowest BCUT2D eigenvalue weighted by atomic mass is 10.1. The van der Waals surface area contributed by atoms with Crippen LogP contribution in [0.25, 0.3) is 0 Å². The molecule has 1 aliphatic heterocycles. The van der Waals surface area contributed by atoms with Gasteiger partial charge in [0.1, 0.15) is 24.1 Å². The van der Waals surface area contributed by atoms with Crippen molar-refractivity contribution >= 4 is 5.91 Å². The standard InChI is InChI=1S/C17H18N2O8/c1-26-10-4-2-9(3-5-10)15(24)19-12(21)6-7-18(17(19)25)16-14(23)13(22)11(8-20)27-16/h2-7,11,13-14,16,20,22-23H,8H2,1H3. The molecule has 0 amide bonds. The van der Waals surface area contributed by atoms with Gasteiger partial charge in [-0.1, -0.05) is 0 Å². The first-order valence-corrected chi connectivity index (χ1v) is 8.04. The molecule has 10 heteroatoms. The molecule has 3 rings (SSSR count). The lowest BCUT2D eigenvalue weighted by Gasteiger charge is -2.18. The average molecular weight is 378 g/mol. The summed E-state index contributed by atoms with van der Waals surface area (Å²) < 4.78 is 11.5. The van der Waals surface area contributed by atoms with E-state index in [1.54, 1.807) is 0 Å². The molecule has 0 bridgehead atoms. The quantitative estimate of drug-likeness (QED) is 0.573. The molecule has 0 radical (unpaired) electrons. The number of rotatable bonds is 4. The normalized spacial score (nSPS) is 24.7. The zero-order valence-electron chi connectivity index (χ0n) is 14.3. The summed E-state index contributed by atoms with van der Waals surface area (Å²) in [6, 6.07) is 6.78. The van der Waals surface area contributed by atoms with E-state index in [0.717, 1.165) is 16.8 Å². The summed E-state index contributed by atoms with van der Waals surface area (Å²) >= 11 is 0. The van der Waals surface area contributed by atoms with Crippen LogP contribution in [0.1, 0.15) is 16.6 Å². The minimum atomic E-state index is -1.53. The predicted molar refractivity (Wildman–Crippen MR) is 90.7 cm³/mol. The zero-order chi connectivity index (χ0) is 19.7. The molecular weight excluding hydrogens is 360 g/mol. The van der Waals surface area contributed by atoms with Crippen LogP contribution in [0.4, 0.5) is 0 Å². The van der Waals surface area contributed by atoms with Crippen LogP contribution in [0, 0.1) is 0 Å². The van der Waals surface area contributed by atoms with Gasteiger partial charge in [0.05, 0.1) is 13.7 Å². The second-order valence-electron chi connectivity index (χ2n) is 5.94. The molecular formula is C17H18N2O8. The van der Waals surface area contributed by atoms with Gasteiger partial charge in [-0.25, -0.2) is 4.79 Å². The summed E-state index contributed by atoms with van der Waals surface area (Å²) in [7, 11) is 1.46. The summed E-state index contributed by atoms with van der Waals surface area (Å²) in [6.07, 6.45) is -4.36. The third-order valence-electron chi connectivity index (χ3n) is 4.34. The molecule has 1 aliphatic rings. The van der Waals surface area contributed by atoms with Gasteiger partial charge in [-0.2, -0.15) is 4.57 Å². The van der Waals surface area contributed by atoms with E-state index in [-0.39, 0.29) is 5.56 Å². The molecule has 2 heterocycles. The molecule has 1 aromatic heterocycles. The minimum absolute atomic E-state index is 0.0777. The van der Waals surface area contributed by atoms with Crippen LogP contribution in [0.2, 0.25) is 0 Å². The maximum absolute atomic E-state index is 12.7. The van der Waals surface area contributed by atoms with Crippen molar-refractivity contribution in [2.24, 2.45) is 0 Å². The van der Waals surface area contributed by atoms with Crippen LogP contribution in [-0.4, -0.2) is 62.4 Å². The molecule has 4 unspecified atom stereocenters. The molecule has 1 saturated heterocycles. The van der Waals surface area contributed by atoms with Gasteiger partial charge in [0.2, 0.25) is 0 Å². The topological polar surface area (TPSA) is 140 Å². The van der Waals surface area contributed by atoms with Crippen LogP contribution in [0.15, 0.2) is 46.1 Å². The summed E-state index contributed by atoms with van der Waals surface area (Å²) in [4.78, 5) is 37.5. The van der Waals surface area contributed by atoms with Crippen molar-refractivity contribution < 1.29 is 29.6 Å². The largest absolute Gasteiger partial charge is 0.497 e. The molecule has 2 aromatic rings. The van der Waals surface area contributed by atoms with Crippen molar-refractivity contribution in [2.45, 2.75) is 24.5 Å². The molecule has 0 aliphatic carbocycles. The first kappa shape index (κ1) is 19.0. The molecule has 0 saturated carbocycles. The van der Waals surface area contributed by atoms with Gasteiger partial charge < -0.3 is 24.8 Å². The fourth-order valence-corrected chi connectivity index (χ4v) is 2.85. The Morgan fingerprint density at radius 2 is 1.81 bits per heavy atom. The monoisotopic (exact) mass is 378 g/mol. The van der Waals surface area contributed by atoms with Gasteiger partial charge in [-0.05, 0) is 24.3 Å². The summed E-state index contributed by atoms with van der Waals surface area (Å²) in [5.41, 5.74) is -1.82. The van der Waals surface area contributed by atoms with Crippen molar-refractivity contribution in [1.82, 2.24) is 9.13 Å². The van der Waals surface area contributed by atoms with Crippen molar-refractivity contribution in [2.75, 3.05) is 13.7 Å². The lowest BCUT2D eigenvalue weighted by Crippen LogP contribution is -2.46. The van der Waals surface area contributed by atoms with Gasteiger partial charge in [-0.15, -0.1) is 0 Å². The highest BCUT2D eigenvalue weighted by Gasteiger charge is 2.44. The summed E-state index contributed by atoms with van der Waals surface area (Å²) in [6.45, 7) is -0.576. The number of hydrogen-bond donors (Lipinski definition) is 3. The second kappa shape index (κ2) is 7.45. The first-order chi connectivity index (χ1) is 12.9. The lowest BCUT2D eigenvalue weighted by molar-refractivity contribution is -0.0554. The van der Waals surface area contributed by atoms with Gasteiger partial charge in [0, 0.05) is 17.8 Å². The van der Waals surface area contributed by atoms with Gasteiger partial charge in [-0.3, -0.25) is 14.2 Å². The van der Waals surface area contributed by atoms with Crippen LogP contribution in [0.5, 0.6) is 5.75 Å². The number of carbonyl (C=O) groups is 1. The van der Waals surface area contributed by atoms with E-state index >= 15 is 0 Å². The highest BCUT2D eigenvalue weighted by molar-refractivity contribution is 5.95. The third-order valence-corrected chi connectivity index (χ3v) is 4.34. The summed E-state index contributed by atoms with van der Waals surface area (Å²) in [5, 5.41) is 29.1. The Hall–Kier alpha value is -2.79. The van der Waals surface area contributed by atoms with Gasteiger partial charge in [0.25, 0.3) is 11.5 Å². The molecule has 144 valence electrons. The number of aliphatic hydroxyl groups excluding tert-OH is 3. The highest BCUT2D eigenvalue weighted by Crippen LogP contribution is 2.27. The van der Waals surface area contributed by atoms with Crippen LogP contribution in [0.3, 0.4) is 0 Å². The van der Waals surface area contributed by atoms with Crippen LogP contribution >= 0.6 is 0 Å². The Kier molecular flexibility index (Phi) is 5.24. The molecule has 10 nitrogen and oxygen atoms in total. The van der Waals surface area contributed by atoms with Crippen molar-refractivity contribution in [3.05, 3.63) is 62.9 Å². The predicted octanol–water partition coefficient (Wildman–Crippen LogP) is -1.68. The minimum Gasteiger partial charge on any atom is -0.497 e. The Labute approximate surface area is 152 Å². The number of ether oxygens (including phenoxy) is 2. The van der Waals surface area contributed by atoms with Crippen molar-refractivity contribution in [3.63, 3.8) is 0 Å². The van der Waals surface area contributed by atoms with E-state index in [9.17, 15) is 24.6 Å². The van der Waals surface area contributed by atoms with E-state index in [1.165, 1.54) is 31.4 Å². The van der Waals surface area contributed by atoms with E-state index < -0.39 is 48.3 Å². The van der Waals surface area contributed by atoms with Crippen LogP contribution < -0.4 is 16.0 Å². The smallest absolute Gasteiger partial charge is 0.340 e. The number of carbonyl (C=O) groups excluding carboxylic acids is 1. The fourth-order valence-electron chi connectivity index (χ4n) is 2.85. The summed E-state index contributed by atoms with van der Waals surface area (Å²) in [5.74, 6) is -0.371. The maximum Gasteiger partial charge on any atom is 0.340 e. The van der Waals surface area contributed by atoms with Crippen LogP contribution in [-0.2, 0) is 4.74 Å². The second-order valence-corrected chi connectivity index (χ2v) is 5.94. The first-order valence-electron chi connectivity index (χ1n) is 8.04. The number of nitrogens with zero attached hydrogens (tertiary/aromatic N) is 2. The fraction of sp³-hybridized carbons (Fsp3) is 0.353. The van der Waals surface area contributed by atoms with Crippen molar-refractivity contribution in [1.29, 1.82) is 0 Å². The number of methoxy groups -OCH3 is 1. The molecule has 4 atom stereocenters. The zero-order valence-corrected chi connectivity index (χ0v) is 14.3. The number of aromatic nitrogens is 2. The van der Waals surface area contributed by atoms with Crippen molar-refractivity contribution in [3.8, 4) is 5.75 Å². The molecule has 1 fully saturated rings. The highest BCUT2D eigenvalue weighted by atomic mass is 16.6. The average Bonchev–Trinajstić information content (AvgIpc) is 2.96. The third kappa shape index (κ3) is 3.30. The number of aliphatic hydroxyl groups is 3. The Bertz CT molecular complexity index is 949. The molecule has 3 N–H and O–H groups in total. The van der Waals surface area contributed by atoms with Gasteiger partial charge >= 0.3 is 5.69 Å². The van der Waals surface area contributed by atoms with E-state index in [2.05, 4.69) is 0 Å². The van der Waals surface area contributed by atoms with E-state index in [4.69, 9.17) is 14.6 Å². The number of benzene rings is 1. The molecule has 0 spiro atoms. The van der Waals surface area contributed by atoms with E-state index in [0.29, 0.717) is 10.3 Å². The SMILES string of the molecule is COc1ccc(C(=O)n2c(=O)ccn(C3OC(CO)C(O)C3O)c2=O)cc1. The molecule has 1 aromatic carbocycles. The Morgan fingerprint density at radius 1 is 1.15 bits per heavy atom. The maximum atomic E-state index is 12.7. The van der Waals surface area contributed by atoms with Gasteiger partial charge in [0.15, 0.2) is 6.23 Å². The van der Waals surface area contributed by atoms with E-state index in [1.807, 2.05) is 0 Å². The number of hydrogen-bond acceptors (Lipinski definition) is 8. The Morgan fingerprint density at radius 3 is 2.37 bits per heavy atom. The molecule has 27 heavy (non-hydrogen) atoms.